The summed E-state index contributed by atoms with van der Waals surface area (Å²) in [6, 6.07) is 21.6. The topological polar surface area (TPSA) is 56.9 Å². The molecule has 2 atom stereocenters. The lowest BCUT2D eigenvalue weighted by atomic mass is 9.78. The van der Waals surface area contributed by atoms with Gasteiger partial charge in [-0.2, -0.15) is 5.26 Å². The molecular weight excluding hydrogens is 320 g/mol. The molecular formula is C20H13ClN2O. The van der Waals surface area contributed by atoms with Crippen molar-refractivity contribution in [1.82, 2.24) is 0 Å². The number of hydrogen-bond acceptors (Lipinski definition) is 3. The quantitative estimate of drug-likeness (QED) is 0.671. The first-order chi connectivity index (χ1) is 11.7. The van der Waals surface area contributed by atoms with Crippen LogP contribution in [0.2, 0.25) is 5.02 Å². The van der Waals surface area contributed by atoms with Crippen molar-refractivity contribution < 1.29 is 4.74 Å². The first-order valence-corrected chi connectivity index (χ1v) is 8.00. The van der Waals surface area contributed by atoms with E-state index in [0.717, 1.165) is 21.9 Å². The van der Waals surface area contributed by atoms with Gasteiger partial charge in [-0.05, 0) is 23.1 Å². The van der Waals surface area contributed by atoms with Crippen molar-refractivity contribution in [2.24, 2.45) is 5.92 Å². The van der Waals surface area contributed by atoms with Crippen LogP contribution in [0.25, 0.3) is 10.8 Å². The second kappa shape index (κ2) is 5.67. The molecule has 116 valence electrons. The van der Waals surface area contributed by atoms with Crippen molar-refractivity contribution in [3.8, 4) is 11.8 Å². The Morgan fingerprint density at radius 3 is 2.50 bits per heavy atom. The zero-order valence-electron chi connectivity index (χ0n) is 12.7. The second-order valence-electron chi connectivity index (χ2n) is 5.81. The molecule has 0 saturated heterocycles. The number of rotatable bonds is 1. The van der Waals surface area contributed by atoms with Crippen LogP contribution in [0.4, 0.5) is 0 Å². The molecule has 3 aromatic rings. The molecule has 1 aliphatic rings. The molecule has 0 bridgehead atoms. The first-order valence-electron chi connectivity index (χ1n) is 7.62. The minimum atomic E-state index is -0.653. The Bertz CT molecular complexity index is 989. The predicted molar refractivity (Wildman–Crippen MR) is 94.7 cm³/mol. The van der Waals surface area contributed by atoms with Gasteiger partial charge >= 0.3 is 0 Å². The average molecular weight is 333 g/mol. The molecule has 4 rings (SSSR count). The lowest BCUT2D eigenvalue weighted by Gasteiger charge is -2.31. The van der Waals surface area contributed by atoms with Crippen molar-refractivity contribution in [2.45, 2.75) is 5.92 Å². The maximum absolute atomic E-state index is 9.59. The van der Waals surface area contributed by atoms with Gasteiger partial charge in [0.05, 0.1) is 6.07 Å². The van der Waals surface area contributed by atoms with E-state index in [1.54, 1.807) is 0 Å². The van der Waals surface area contributed by atoms with Crippen molar-refractivity contribution >= 4 is 28.3 Å². The monoisotopic (exact) mass is 332 g/mol. The third kappa shape index (κ3) is 2.24. The number of ether oxygens (including phenoxy) is 1. The maximum atomic E-state index is 9.59. The fourth-order valence-corrected chi connectivity index (χ4v) is 3.42. The number of fused-ring (bicyclic) bond motifs is 3. The molecule has 4 heteroatoms. The Labute approximate surface area is 144 Å². The second-order valence-corrected chi connectivity index (χ2v) is 6.24. The van der Waals surface area contributed by atoms with E-state index in [0.29, 0.717) is 10.8 Å². The lowest BCUT2D eigenvalue weighted by molar-refractivity contribution is 0.455. The first kappa shape index (κ1) is 14.7. The summed E-state index contributed by atoms with van der Waals surface area (Å²) in [4.78, 5) is 0. The summed E-state index contributed by atoms with van der Waals surface area (Å²) in [5.74, 6) is -0.237. The zero-order valence-corrected chi connectivity index (χ0v) is 13.4. The van der Waals surface area contributed by atoms with E-state index in [9.17, 15) is 5.26 Å². The predicted octanol–water partition coefficient (Wildman–Crippen LogP) is 5.13. The molecule has 0 fully saturated rings. The van der Waals surface area contributed by atoms with E-state index >= 15 is 0 Å². The number of nitrogens with one attached hydrogen (secondary N) is 1. The zero-order chi connectivity index (χ0) is 16.7. The summed E-state index contributed by atoms with van der Waals surface area (Å²) >= 11 is 6.00. The van der Waals surface area contributed by atoms with Gasteiger partial charge in [-0.25, -0.2) is 0 Å². The van der Waals surface area contributed by atoms with E-state index in [1.807, 2.05) is 60.7 Å². The van der Waals surface area contributed by atoms with Gasteiger partial charge < -0.3 is 4.74 Å². The van der Waals surface area contributed by atoms with Crippen LogP contribution in [0.1, 0.15) is 17.0 Å². The van der Waals surface area contributed by atoms with Gasteiger partial charge in [-0.3, -0.25) is 5.41 Å². The largest absolute Gasteiger partial charge is 0.441 e. The molecule has 0 radical (unpaired) electrons. The summed E-state index contributed by atoms with van der Waals surface area (Å²) in [5, 5.41) is 20.4. The van der Waals surface area contributed by atoms with Crippen LogP contribution in [0.5, 0.6) is 5.75 Å². The Morgan fingerprint density at radius 2 is 1.75 bits per heavy atom. The normalized spacial score (nSPS) is 19.4. The molecule has 3 aromatic carbocycles. The van der Waals surface area contributed by atoms with Crippen LogP contribution >= 0.6 is 11.6 Å². The lowest BCUT2D eigenvalue weighted by Crippen LogP contribution is -2.31. The summed E-state index contributed by atoms with van der Waals surface area (Å²) in [6.45, 7) is 0. The van der Waals surface area contributed by atoms with Crippen LogP contribution in [0.15, 0.2) is 60.7 Å². The van der Waals surface area contributed by atoms with E-state index in [-0.39, 0.29) is 11.8 Å². The molecule has 24 heavy (non-hydrogen) atoms. The van der Waals surface area contributed by atoms with E-state index in [4.69, 9.17) is 21.7 Å². The SMILES string of the molecule is N#CC1C(=N)Oc2c(ccc3ccccc23)C1c1ccc(Cl)cc1. The highest BCUT2D eigenvalue weighted by Gasteiger charge is 2.37. The third-order valence-electron chi connectivity index (χ3n) is 4.44. The highest BCUT2D eigenvalue weighted by Crippen LogP contribution is 2.45. The minimum absolute atomic E-state index is 0.0127. The van der Waals surface area contributed by atoms with Gasteiger partial charge in [0.25, 0.3) is 0 Å². The van der Waals surface area contributed by atoms with Crippen LogP contribution in [0, 0.1) is 22.7 Å². The molecule has 1 N–H and O–H groups in total. The van der Waals surface area contributed by atoms with E-state index in [1.165, 1.54) is 0 Å². The van der Waals surface area contributed by atoms with Crippen LogP contribution in [0.3, 0.4) is 0 Å². The van der Waals surface area contributed by atoms with Gasteiger partial charge in [0, 0.05) is 21.9 Å². The Morgan fingerprint density at radius 1 is 1.00 bits per heavy atom. The minimum Gasteiger partial charge on any atom is -0.441 e. The van der Waals surface area contributed by atoms with Crippen molar-refractivity contribution in [3.05, 3.63) is 76.8 Å². The molecule has 3 nitrogen and oxygen atoms in total. The summed E-state index contributed by atoms with van der Waals surface area (Å²) in [5.41, 5.74) is 1.88. The summed E-state index contributed by atoms with van der Waals surface area (Å²) in [6.07, 6.45) is 0. The van der Waals surface area contributed by atoms with Crippen molar-refractivity contribution in [2.75, 3.05) is 0 Å². The van der Waals surface area contributed by atoms with E-state index < -0.39 is 5.92 Å². The standard InChI is InChI=1S/C20H13ClN2O/c21-14-8-5-13(6-9-14)18-16-10-7-12-3-1-2-4-15(12)19(16)24-20(23)17(18)11-22/h1-10,17-18,23H. The number of benzene rings is 3. The molecule has 0 aromatic heterocycles. The van der Waals surface area contributed by atoms with Gasteiger partial charge in [-0.15, -0.1) is 0 Å². The Hall–Kier alpha value is -2.83. The Balaban J connectivity index is 1.98. The summed E-state index contributed by atoms with van der Waals surface area (Å²) < 4.78 is 5.76. The van der Waals surface area contributed by atoms with Crippen molar-refractivity contribution in [3.63, 3.8) is 0 Å². The van der Waals surface area contributed by atoms with Gasteiger partial charge in [-0.1, -0.05) is 60.1 Å². The highest BCUT2D eigenvalue weighted by molar-refractivity contribution is 6.30. The molecule has 0 saturated carbocycles. The molecule has 1 heterocycles. The number of nitriles is 1. The number of hydrogen-bond donors (Lipinski definition) is 1. The Kier molecular flexibility index (Phi) is 3.48. The van der Waals surface area contributed by atoms with Gasteiger partial charge in [0.2, 0.25) is 5.90 Å². The molecule has 0 aliphatic carbocycles. The number of nitrogens with zero attached hydrogens (tertiary/aromatic N) is 1. The van der Waals surface area contributed by atoms with Crippen LogP contribution < -0.4 is 4.74 Å². The molecule has 1 aliphatic heterocycles. The number of halogens is 1. The fourth-order valence-electron chi connectivity index (χ4n) is 3.30. The highest BCUT2D eigenvalue weighted by atomic mass is 35.5. The molecule has 2 unspecified atom stereocenters. The van der Waals surface area contributed by atoms with Gasteiger partial charge in [0.15, 0.2) is 0 Å². The molecule has 0 amide bonds. The molecule has 0 spiro atoms. The average Bonchev–Trinajstić information content (AvgIpc) is 2.61. The van der Waals surface area contributed by atoms with Crippen LogP contribution in [-0.2, 0) is 0 Å². The maximum Gasteiger partial charge on any atom is 0.205 e. The third-order valence-corrected chi connectivity index (χ3v) is 4.69. The van der Waals surface area contributed by atoms with Gasteiger partial charge in [0.1, 0.15) is 11.7 Å². The van der Waals surface area contributed by atoms with E-state index in [2.05, 4.69) is 6.07 Å². The smallest absolute Gasteiger partial charge is 0.205 e. The summed E-state index contributed by atoms with van der Waals surface area (Å²) in [7, 11) is 0. The fraction of sp³-hybridized carbons (Fsp3) is 0.100. The van der Waals surface area contributed by atoms with Crippen molar-refractivity contribution in [1.29, 1.82) is 10.7 Å². The van der Waals surface area contributed by atoms with Crippen LogP contribution in [-0.4, -0.2) is 5.90 Å².